The van der Waals surface area contributed by atoms with E-state index in [2.05, 4.69) is 5.32 Å². The van der Waals surface area contributed by atoms with Gasteiger partial charge < -0.3 is 4.90 Å². The molecule has 3 nitrogen and oxygen atoms in total. The van der Waals surface area contributed by atoms with E-state index in [0.29, 0.717) is 0 Å². The number of benzene rings is 1. The van der Waals surface area contributed by atoms with Crippen molar-refractivity contribution in [3.05, 3.63) is 35.4 Å². The van der Waals surface area contributed by atoms with Gasteiger partial charge in [0.25, 0.3) is 0 Å². The van der Waals surface area contributed by atoms with Crippen molar-refractivity contribution >= 4 is 5.91 Å². The number of amides is 1. The second-order valence-corrected chi connectivity index (χ2v) is 5.10. The molecule has 0 aliphatic carbocycles. The molecule has 0 radical (unpaired) electrons. The van der Waals surface area contributed by atoms with Crippen molar-refractivity contribution in [2.45, 2.75) is 38.7 Å². The van der Waals surface area contributed by atoms with Crippen LogP contribution in [0.25, 0.3) is 0 Å². The molecule has 1 amide bonds. The van der Waals surface area contributed by atoms with E-state index in [9.17, 15) is 18.0 Å². The second kappa shape index (κ2) is 5.44. The minimum atomic E-state index is -4.26. The van der Waals surface area contributed by atoms with Crippen LogP contribution in [0.4, 0.5) is 13.2 Å². The molecule has 6 heteroatoms. The highest BCUT2D eigenvalue weighted by Crippen LogP contribution is 2.28. The van der Waals surface area contributed by atoms with Crippen LogP contribution in [0.1, 0.15) is 30.6 Å². The predicted molar refractivity (Wildman–Crippen MR) is 68.9 cm³/mol. The van der Waals surface area contributed by atoms with E-state index in [1.54, 1.807) is 6.92 Å². The number of rotatable bonds is 3. The van der Waals surface area contributed by atoms with Crippen LogP contribution in [0.3, 0.4) is 0 Å². The Morgan fingerprint density at radius 1 is 1.35 bits per heavy atom. The van der Waals surface area contributed by atoms with E-state index in [-0.39, 0.29) is 12.5 Å². The first kappa shape index (κ1) is 14.8. The van der Waals surface area contributed by atoms with Crippen LogP contribution in [-0.2, 0) is 4.79 Å². The molecule has 2 unspecified atom stereocenters. The second-order valence-electron chi connectivity index (χ2n) is 5.10. The largest absolute Gasteiger partial charge is 0.390 e. The van der Waals surface area contributed by atoms with E-state index in [0.717, 1.165) is 11.1 Å². The van der Waals surface area contributed by atoms with Gasteiger partial charge in [0.2, 0.25) is 5.91 Å². The lowest BCUT2D eigenvalue weighted by Gasteiger charge is -2.25. The van der Waals surface area contributed by atoms with Gasteiger partial charge >= 0.3 is 6.18 Å². The number of aryl methyl sites for hydroxylation is 1. The molecule has 0 saturated carbocycles. The van der Waals surface area contributed by atoms with Crippen molar-refractivity contribution in [2.24, 2.45) is 0 Å². The third-order valence-electron chi connectivity index (χ3n) is 3.37. The zero-order valence-corrected chi connectivity index (χ0v) is 11.4. The van der Waals surface area contributed by atoms with Crippen molar-refractivity contribution in [1.82, 2.24) is 10.2 Å². The number of hydrogen-bond donors (Lipinski definition) is 1. The summed E-state index contributed by atoms with van der Waals surface area (Å²) >= 11 is 0. The van der Waals surface area contributed by atoms with Crippen LogP contribution in [-0.4, -0.2) is 29.6 Å². The van der Waals surface area contributed by atoms with Gasteiger partial charge in [-0.2, -0.15) is 13.2 Å². The average Bonchev–Trinajstić information content (AvgIpc) is 2.62. The fraction of sp³-hybridized carbons (Fsp3) is 0.500. The topological polar surface area (TPSA) is 32.3 Å². The summed E-state index contributed by atoms with van der Waals surface area (Å²) in [5, 5.41) is 3.04. The molecule has 1 aliphatic rings. The fourth-order valence-electron chi connectivity index (χ4n) is 2.38. The molecule has 2 rings (SSSR count). The maximum absolute atomic E-state index is 12.4. The normalized spacial score (nSPS) is 23.4. The SMILES string of the molecule is Cc1cccc(C2NC(C)C(=O)N2CCC(F)(F)F)c1. The molecule has 1 saturated heterocycles. The Bertz CT molecular complexity index is 501. The van der Waals surface area contributed by atoms with Crippen molar-refractivity contribution < 1.29 is 18.0 Å². The van der Waals surface area contributed by atoms with E-state index in [4.69, 9.17) is 0 Å². The number of nitrogens with zero attached hydrogens (tertiary/aromatic N) is 1. The van der Waals surface area contributed by atoms with Gasteiger partial charge in [0, 0.05) is 6.54 Å². The van der Waals surface area contributed by atoms with Crippen LogP contribution in [0.15, 0.2) is 24.3 Å². The summed E-state index contributed by atoms with van der Waals surface area (Å²) in [6.45, 7) is 3.25. The van der Waals surface area contributed by atoms with Crippen molar-refractivity contribution in [3.8, 4) is 0 Å². The molecule has 0 aromatic heterocycles. The lowest BCUT2D eigenvalue weighted by molar-refractivity contribution is -0.145. The minimum Gasteiger partial charge on any atom is -0.321 e. The highest BCUT2D eigenvalue weighted by Gasteiger charge is 2.39. The smallest absolute Gasteiger partial charge is 0.321 e. The third kappa shape index (κ3) is 3.30. The van der Waals surface area contributed by atoms with Gasteiger partial charge in [0.15, 0.2) is 0 Å². The maximum Gasteiger partial charge on any atom is 0.390 e. The van der Waals surface area contributed by atoms with Crippen LogP contribution in [0.2, 0.25) is 0 Å². The molecule has 0 bridgehead atoms. The molecule has 1 aliphatic heterocycles. The summed E-state index contributed by atoms with van der Waals surface area (Å²) in [6.07, 6.45) is -5.74. The Balaban J connectivity index is 2.19. The Hall–Kier alpha value is -1.56. The standard InChI is InChI=1S/C14H17F3N2O/c1-9-4-3-5-11(8-9)12-18-10(2)13(20)19(12)7-6-14(15,16)17/h3-5,8,10,12,18H,6-7H2,1-2H3. The summed E-state index contributed by atoms with van der Waals surface area (Å²) in [4.78, 5) is 13.3. The Morgan fingerprint density at radius 2 is 2.05 bits per heavy atom. The molecule has 1 fully saturated rings. The zero-order chi connectivity index (χ0) is 14.9. The first-order chi connectivity index (χ1) is 9.28. The summed E-state index contributed by atoms with van der Waals surface area (Å²) in [5.74, 6) is -0.291. The zero-order valence-electron chi connectivity index (χ0n) is 11.4. The lowest BCUT2D eigenvalue weighted by atomic mass is 10.1. The molecule has 1 N–H and O–H groups in total. The highest BCUT2D eigenvalue weighted by atomic mass is 19.4. The van der Waals surface area contributed by atoms with E-state index in [1.165, 1.54) is 4.90 Å². The van der Waals surface area contributed by atoms with E-state index >= 15 is 0 Å². The number of hydrogen-bond acceptors (Lipinski definition) is 2. The van der Waals surface area contributed by atoms with Crippen molar-refractivity contribution in [2.75, 3.05) is 6.54 Å². The van der Waals surface area contributed by atoms with E-state index < -0.39 is 24.8 Å². The van der Waals surface area contributed by atoms with Crippen LogP contribution in [0, 0.1) is 6.92 Å². The third-order valence-corrected chi connectivity index (χ3v) is 3.37. The van der Waals surface area contributed by atoms with Gasteiger partial charge in [-0.1, -0.05) is 29.8 Å². The summed E-state index contributed by atoms with van der Waals surface area (Å²) < 4.78 is 37.1. The number of nitrogens with one attached hydrogen (secondary N) is 1. The van der Waals surface area contributed by atoms with Gasteiger partial charge in [0.1, 0.15) is 6.17 Å². The Morgan fingerprint density at radius 3 is 2.65 bits per heavy atom. The molecule has 1 aromatic rings. The van der Waals surface area contributed by atoms with Crippen LogP contribution < -0.4 is 5.32 Å². The fourth-order valence-corrected chi connectivity index (χ4v) is 2.38. The van der Waals surface area contributed by atoms with Gasteiger partial charge in [-0.3, -0.25) is 10.1 Å². The summed E-state index contributed by atoms with van der Waals surface area (Å²) in [7, 11) is 0. The molecule has 2 atom stereocenters. The molecular formula is C14H17F3N2O. The molecule has 110 valence electrons. The quantitative estimate of drug-likeness (QED) is 0.926. The lowest BCUT2D eigenvalue weighted by Crippen LogP contribution is -2.33. The molecule has 0 spiro atoms. The van der Waals surface area contributed by atoms with Gasteiger partial charge in [0.05, 0.1) is 12.5 Å². The van der Waals surface area contributed by atoms with Gasteiger partial charge in [-0.25, -0.2) is 0 Å². The van der Waals surface area contributed by atoms with Gasteiger partial charge in [-0.05, 0) is 19.4 Å². The van der Waals surface area contributed by atoms with Crippen molar-refractivity contribution in [3.63, 3.8) is 0 Å². The minimum absolute atomic E-state index is 0.291. The number of halogens is 3. The molecule has 1 aromatic carbocycles. The average molecular weight is 286 g/mol. The van der Waals surface area contributed by atoms with Crippen molar-refractivity contribution in [1.29, 1.82) is 0 Å². The van der Waals surface area contributed by atoms with Gasteiger partial charge in [-0.15, -0.1) is 0 Å². The maximum atomic E-state index is 12.4. The first-order valence-electron chi connectivity index (χ1n) is 6.48. The number of alkyl halides is 3. The number of carbonyl (C=O) groups is 1. The van der Waals surface area contributed by atoms with Crippen LogP contribution >= 0.6 is 0 Å². The Kier molecular flexibility index (Phi) is 4.04. The highest BCUT2D eigenvalue weighted by molar-refractivity contribution is 5.84. The first-order valence-corrected chi connectivity index (χ1v) is 6.48. The summed E-state index contributed by atoms with van der Waals surface area (Å²) in [6, 6.07) is 6.97. The number of carbonyl (C=O) groups excluding carboxylic acids is 1. The molecular weight excluding hydrogens is 269 g/mol. The van der Waals surface area contributed by atoms with Crippen LogP contribution in [0.5, 0.6) is 0 Å². The Labute approximate surface area is 115 Å². The monoisotopic (exact) mass is 286 g/mol. The summed E-state index contributed by atoms with van der Waals surface area (Å²) in [5.41, 5.74) is 1.82. The van der Waals surface area contributed by atoms with E-state index in [1.807, 2.05) is 31.2 Å². The molecule has 1 heterocycles. The predicted octanol–water partition coefficient (Wildman–Crippen LogP) is 2.77. The molecule has 20 heavy (non-hydrogen) atoms.